The van der Waals surface area contributed by atoms with E-state index in [9.17, 15) is 9.59 Å². The summed E-state index contributed by atoms with van der Waals surface area (Å²) in [4.78, 5) is 23.5. The minimum Gasteiger partial charge on any atom is -0.481 e. The van der Waals surface area contributed by atoms with Crippen molar-refractivity contribution in [3.8, 4) is 0 Å². The number of benzene rings is 1. The minimum absolute atomic E-state index is 0.0161. The van der Waals surface area contributed by atoms with E-state index >= 15 is 0 Å². The van der Waals surface area contributed by atoms with Crippen LogP contribution in [0.15, 0.2) is 18.2 Å². The highest BCUT2D eigenvalue weighted by atomic mass is 16.4. The van der Waals surface area contributed by atoms with Crippen LogP contribution in [0.3, 0.4) is 0 Å². The summed E-state index contributed by atoms with van der Waals surface area (Å²) < 4.78 is 0. The molecule has 0 spiro atoms. The molecular weight excluding hydrogens is 278 g/mol. The average molecular weight is 303 g/mol. The Balaban J connectivity index is 2.00. The molecule has 0 bridgehead atoms. The number of hydrogen-bond acceptors (Lipinski definition) is 2. The zero-order chi connectivity index (χ0) is 16.3. The molecule has 1 fully saturated rings. The summed E-state index contributed by atoms with van der Waals surface area (Å²) in [5.41, 5.74) is 3.45. The second kappa shape index (κ2) is 6.95. The maximum Gasteiger partial charge on any atom is 0.306 e. The van der Waals surface area contributed by atoms with Crippen LogP contribution in [-0.2, 0) is 9.59 Å². The van der Waals surface area contributed by atoms with Crippen LogP contribution in [0.25, 0.3) is 0 Å². The van der Waals surface area contributed by atoms with Crippen molar-refractivity contribution < 1.29 is 14.7 Å². The lowest BCUT2D eigenvalue weighted by Gasteiger charge is -2.27. The van der Waals surface area contributed by atoms with Crippen molar-refractivity contribution in [2.24, 2.45) is 11.8 Å². The zero-order valence-electron chi connectivity index (χ0n) is 13.6. The van der Waals surface area contributed by atoms with Crippen molar-refractivity contribution in [2.45, 2.75) is 52.5 Å². The molecule has 3 unspecified atom stereocenters. The second-order valence-electron chi connectivity index (χ2n) is 6.55. The third-order valence-corrected chi connectivity index (χ3v) is 4.50. The number of nitrogens with one attached hydrogen (secondary N) is 1. The molecule has 1 aliphatic rings. The van der Waals surface area contributed by atoms with E-state index < -0.39 is 5.97 Å². The fourth-order valence-corrected chi connectivity index (χ4v) is 3.33. The van der Waals surface area contributed by atoms with Gasteiger partial charge in [-0.3, -0.25) is 9.59 Å². The van der Waals surface area contributed by atoms with E-state index in [4.69, 9.17) is 5.11 Å². The predicted molar refractivity (Wildman–Crippen MR) is 85.6 cm³/mol. The summed E-state index contributed by atoms with van der Waals surface area (Å²) in [5, 5.41) is 12.2. The Labute approximate surface area is 131 Å². The van der Waals surface area contributed by atoms with Gasteiger partial charge in [0.25, 0.3) is 0 Å². The van der Waals surface area contributed by atoms with Crippen LogP contribution in [0, 0.1) is 25.7 Å². The quantitative estimate of drug-likeness (QED) is 0.896. The van der Waals surface area contributed by atoms with Crippen LogP contribution in [-0.4, -0.2) is 17.0 Å². The minimum atomic E-state index is -0.778. The van der Waals surface area contributed by atoms with Crippen molar-refractivity contribution >= 4 is 11.9 Å². The van der Waals surface area contributed by atoms with E-state index in [1.807, 2.05) is 20.8 Å². The Morgan fingerprint density at radius 1 is 1.14 bits per heavy atom. The van der Waals surface area contributed by atoms with Crippen molar-refractivity contribution in [1.29, 1.82) is 0 Å². The molecule has 4 nitrogen and oxygen atoms in total. The molecule has 0 aromatic heterocycles. The van der Waals surface area contributed by atoms with Gasteiger partial charge in [0.2, 0.25) is 5.91 Å². The first-order chi connectivity index (χ1) is 10.4. The van der Waals surface area contributed by atoms with Crippen LogP contribution in [0.5, 0.6) is 0 Å². The van der Waals surface area contributed by atoms with E-state index in [0.29, 0.717) is 12.8 Å². The fraction of sp³-hybridized carbons (Fsp3) is 0.556. The number of carbonyl (C=O) groups is 2. The van der Waals surface area contributed by atoms with Gasteiger partial charge in [-0.2, -0.15) is 0 Å². The molecule has 2 N–H and O–H groups in total. The lowest BCUT2D eigenvalue weighted by molar-refractivity contribution is -0.144. The van der Waals surface area contributed by atoms with E-state index in [-0.39, 0.29) is 23.8 Å². The molecule has 22 heavy (non-hydrogen) atoms. The Morgan fingerprint density at radius 3 is 2.32 bits per heavy atom. The molecule has 4 heteroatoms. The van der Waals surface area contributed by atoms with Gasteiger partial charge in [0, 0.05) is 5.92 Å². The molecule has 3 atom stereocenters. The Morgan fingerprint density at radius 2 is 1.73 bits per heavy atom. The SMILES string of the molecule is Cc1cc(C)cc(C(C)NC(=O)C2CCCC(C(=O)O)C2)c1. The first-order valence-corrected chi connectivity index (χ1v) is 7.98. The van der Waals surface area contributed by atoms with Crippen LogP contribution in [0.4, 0.5) is 0 Å². The number of aryl methyl sites for hydroxylation is 2. The summed E-state index contributed by atoms with van der Waals surface area (Å²) in [6.07, 6.45) is 2.74. The lowest BCUT2D eigenvalue weighted by atomic mass is 9.81. The maximum absolute atomic E-state index is 12.4. The molecule has 0 saturated heterocycles. The molecule has 0 heterocycles. The Kier molecular flexibility index (Phi) is 5.22. The number of hydrogen-bond donors (Lipinski definition) is 2. The summed E-state index contributed by atoms with van der Waals surface area (Å²) in [5.74, 6) is -1.35. The third-order valence-electron chi connectivity index (χ3n) is 4.50. The number of amides is 1. The number of aliphatic carboxylic acids is 1. The molecule has 0 radical (unpaired) electrons. The second-order valence-corrected chi connectivity index (χ2v) is 6.55. The van der Waals surface area contributed by atoms with Crippen LogP contribution >= 0.6 is 0 Å². The number of carboxylic acids is 1. The van der Waals surface area contributed by atoms with E-state index in [0.717, 1.165) is 18.4 Å². The molecule has 1 saturated carbocycles. The number of carboxylic acid groups (broad SMARTS) is 1. The van der Waals surface area contributed by atoms with Crippen LogP contribution in [0.1, 0.15) is 55.3 Å². The van der Waals surface area contributed by atoms with Gasteiger partial charge >= 0.3 is 5.97 Å². The maximum atomic E-state index is 12.4. The zero-order valence-corrected chi connectivity index (χ0v) is 13.6. The first kappa shape index (κ1) is 16.5. The van der Waals surface area contributed by atoms with Gasteiger partial charge in [0.05, 0.1) is 12.0 Å². The number of rotatable bonds is 4. The summed E-state index contributed by atoms with van der Waals surface area (Å²) >= 11 is 0. The van der Waals surface area contributed by atoms with Crippen molar-refractivity contribution in [3.63, 3.8) is 0 Å². The largest absolute Gasteiger partial charge is 0.481 e. The van der Waals surface area contributed by atoms with Crippen molar-refractivity contribution in [2.75, 3.05) is 0 Å². The fourth-order valence-electron chi connectivity index (χ4n) is 3.33. The van der Waals surface area contributed by atoms with E-state index in [1.54, 1.807) is 0 Å². The standard InChI is InChI=1S/C18H25NO3/c1-11-7-12(2)9-16(8-11)13(3)19-17(20)14-5-4-6-15(10-14)18(21)22/h7-9,13-15H,4-6,10H2,1-3H3,(H,19,20)(H,21,22). The van der Waals surface area contributed by atoms with E-state index in [1.165, 1.54) is 11.1 Å². The van der Waals surface area contributed by atoms with Gasteiger partial charge in [-0.05, 0) is 45.6 Å². The molecular formula is C18H25NO3. The average Bonchev–Trinajstić information content (AvgIpc) is 2.46. The van der Waals surface area contributed by atoms with Crippen molar-refractivity contribution in [1.82, 2.24) is 5.32 Å². The van der Waals surface area contributed by atoms with Gasteiger partial charge in [0.15, 0.2) is 0 Å². The summed E-state index contributed by atoms with van der Waals surface area (Å²) in [7, 11) is 0. The lowest BCUT2D eigenvalue weighted by Crippen LogP contribution is -2.36. The smallest absolute Gasteiger partial charge is 0.306 e. The summed E-state index contributed by atoms with van der Waals surface area (Å²) in [6.45, 7) is 6.07. The van der Waals surface area contributed by atoms with Gasteiger partial charge in [0.1, 0.15) is 0 Å². The predicted octanol–water partition coefficient (Wildman–Crippen LogP) is 3.37. The Bertz CT molecular complexity index is 547. The highest BCUT2D eigenvalue weighted by molar-refractivity contribution is 5.80. The highest BCUT2D eigenvalue weighted by Crippen LogP contribution is 2.30. The third kappa shape index (κ3) is 4.09. The Hall–Kier alpha value is -1.84. The molecule has 2 rings (SSSR count). The van der Waals surface area contributed by atoms with Gasteiger partial charge in [-0.15, -0.1) is 0 Å². The molecule has 1 aliphatic carbocycles. The number of carbonyl (C=O) groups excluding carboxylic acids is 1. The first-order valence-electron chi connectivity index (χ1n) is 7.98. The molecule has 0 aliphatic heterocycles. The topological polar surface area (TPSA) is 66.4 Å². The van der Waals surface area contributed by atoms with Gasteiger partial charge in [-0.1, -0.05) is 35.7 Å². The molecule has 120 valence electrons. The highest BCUT2D eigenvalue weighted by Gasteiger charge is 2.31. The molecule has 1 aromatic rings. The normalized spacial score (nSPS) is 22.9. The molecule has 1 aromatic carbocycles. The summed E-state index contributed by atoms with van der Waals surface area (Å²) in [6, 6.07) is 6.21. The van der Waals surface area contributed by atoms with E-state index in [2.05, 4.69) is 23.5 Å². The van der Waals surface area contributed by atoms with Crippen LogP contribution < -0.4 is 5.32 Å². The van der Waals surface area contributed by atoms with Gasteiger partial charge < -0.3 is 10.4 Å². The monoisotopic (exact) mass is 303 g/mol. The van der Waals surface area contributed by atoms with Crippen molar-refractivity contribution in [3.05, 3.63) is 34.9 Å². The van der Waals surface area contributed by atoms with Crippen LogP contribution in [0.2, 0.25) is 0 Å². The molecule has 1 amide bonds. The van der Waals surface area contributed by atoms with Gasteiger partial charge in [-0.25, -0.2) is 0 Å².